The van der Waals surface area contributed by atoms with Crippen LogP contribution in [0.1, 0.15) is 18.4 Å². The van der Waals surface area contributed by atoms with Gasteiger partial charge >= 0.3 is 5.97 Å². The average Bonchev–Trinajstić information content (AvgIpc) is 2.69. The first-order chi connectivity index (χ1) is 7.68. The fraction of sp³-hybridized carbons (Fsp3) is 0.417. The number of aliphatic carboxylic acids is 1. The molecule has 1 aliphatic rings. The molecule has 1 atom stereocenters. The topological polar surface area (TPSA) is 40.5 Å². The van der Waals surface area contributed by atoms with Crippen LogP contribution >= 0.6 is 11.6 Å². The second-order valence-electron chi connectivity index (χ2n) is 4.06. The zero-order valence-corrected chi connectivity index (χ0v) is 9.65. The minimum atomic E-state index is -0.732. The minimum Gasteiger partial charge on any atom is -0.480 e. The zero-order chi connectivity index (χ0) is 11.5. The van der Waals surface area contributed by atoms with Crippen molar-refractivity contribution in [2.45, 2.75) is 25.4 Å². The molecule has 16 heavy (non-hydrogen) atoms. The summed E-state index contributed by atoms with van der Waals surface area (Å²) in [5.41, 5.74) is 0.998. The molecule has 86 valence electrons. The quantitative estimate of drug-likeness (QED) is 0.881. The maximum Gasteiger partial charge on any atom is 0.320 e. The maximum atomic E-state index is 11.0. The number of carboxylic acid groups (broad SMARTS) is 1. The Morgan fingerprint density at radius 3 is 2.94 bits per heavy atom. The molecular weight excluding hydrogens is 226 g/mol. The Labute approximate surface area is 99.6 Å². The lowest BCUT2D eigenvalue weighted by atomic mass is 10.2. The fourth-order valence-electron chi connectivity index (χ4n) is 2.14. The number of nitrogens with zero attached hydrogens (tertiary/aromatic N) is 1. The highest BCUT2D eigenvalue weighted by atomic mass is 35.5. The summed E-state index contributed by atoms with van der Waals surface area (Å²) in [6.45, 7) is 1.46. The van der Waals surface area contributed by atoms with Crippen LogP contribution in [-0.4, -0.2) is 28.6 Å². The Morgan fingerprint density at radius 2 is 2.25 bits per heavy atom. The van der Waals surface area contributed by atoms with Crippen molar-refractivity contribution < 1.29 is 9.90 Å². The fourth-order valence-corrected chi connectivity index (χ4v) is 2.34. The number of halogens is 1. The molecule has 0 spiro atoms. The molecule has 1 heterocycles. The summed E-state index contributed by atoms with van der Waals surface area (Å²) >= 11 is 6.06. The van der Waals surface area contributed by atoms with Crippen LogP contribution in [0.4, 0.5) is 0 Å². The van der Waals surface area contributed by atoms with E-state index in [1.54, 1.807) is 0 Å². The van der Waals surface area contributed by atoms with Crippen molar-refractivity contribution in [2.75, 3.05) is 6.54 Å². The molecule has 1 fully saturated rings. The van der Waals surface area contributed by atoms with Crippen LogP contribution in [-0.2, 0) is 11.3 Å². The molecule has 0 aliphatic carbocycles. The Bertz CT molecular complexity index is 394. The Balaban J connectivity index is 2.10. The smallest absolute Gasteiger partial charge is 0.320 e. The van der Waals surface area contributed by atoms with Gasteiger partial charge in [0.15, 0.2) is 0 Å². The highest BCUT2D eigenvalue weighted by Gasteiger charge is 2.30. The van der Waals surface area contributed by atoms with Crippen molar-refractivity contribution in [3.8, 4) is 0 Å². The number of benzene rings is 1. The third kappa shape index (κ3) is 2.36. The first-order valence-corrected chi connectivity index (χ1v) is 5.76. The molecule has 1 N–H and O–H groups in total. The van der Waals surface area contributed by atoms with Gasteiger partial charge in [-0.15, -0.1) is 0 Å². The van der Waals surface area contributed by atoms with E-state index in [-0.39, 0.29) is 6.04 Å². The second-order valence-corrected chi connectivity index (χ2v) is 4.47. The monoisotopic (exact) mass is 239 g/mol. The van der Waals surface area contributed by atoms with E-state index >= 15 is 0 Å². The van der Waals surface area contributed by atoms with Gasteiger partial charge in [0.2, 0.25) is 0 Å². The molecule has 4 heteroatoms. The molecule has 0 amide bonds. The zero-order valence-electron chi connectivity index (χ0n) is 8.90. The molecular formula is C12H14ClNO2. The lowest BCUT2D eigenvalue weighted by Crippen LogP contribution is -2.35. The summed E-state index contributed by atoms with van der Waals surface area (Å²) < 4.78 is 0. The Hall–Kier alpha value is -1.06. The first-order valence-electron chi connectivity index (χ1n) is 5.39. The highest BCUT2D eigenvalue weighted by Crippen LogP contribution is 2.23. The van der Waals surface area contributed by atoms with Gasteiger partial charge in [0.05, 0.1) is 0 Å². The van der Waals surface area contributed by atoms with E-state index in [9.17, 15) is 4.79 Å². The Morgan fingerprint density at radius 1 is 1.50 bits per heavy atom. The molecule has 0 saturated carbocycles. The van der Waals surface area contributed by atoms with Crippen LogP contribution in [0.2, 0.25) is 5.02 Å². The lowest BCUT2D eigenvalue weighted by molar-refractivity contribution is -0.142. The van der Waals surface area contributed by atoms with Gasteiger partial charge in [-0.3, -0.25) is 9.69 Å². The normalized spacial score (nSPS) is 21.2. The van der Waals surface area contributed by atoms with Gasteiger partial charge < -0.3 is 5.11 Å². The van der Waals surface area contributed by atoms with E-state index in [2.05, 4.69) is 0 Å². The van der Waals surface area contributed by atoms with Crippen LogP contribution in [0.3, 0.4) is 0 Å². The van der Waals surface area contributed by atoms with E-state index in [1.807, 2.05) is 29.2 Å². The van der Waals surface area contributed by atoms with Gasteiger partial charge in [-0.25, -0.2) is 0 Å². The molecule has 1 aliphatic heterocycles. The van der Waals surface area contributed by atoms with Crippen LogP contribution in [0, 0.1) is 0 Å². The number of hydrogen-bond acceptors (Lipinski definition) is 2. The van der Waals surface area contributed by atoms with Crippen molar-refractivity contribution >= 4 is 17.6 Å². The van der Waals surface area contributed by atoms with E-state index in [4.69, 9.17) is 16.7 Å². The SMILES string of the molecule is O=C(O)[C@H]1CCCN1Cc1ccccc1Cl. The summed E-state index contributed by atoms with van der Waals surface area (Å²) in [4.78, 5) is 13.0. The van der Waals surface area contributed by atoms with Gasteiger partial charge in [-0.1, -0.05) is 29.8 Å². The van der Waals surface area contributed by atoms with E-state index in [1.165, 1.54) is 0 Å². The van der Waals surface area contributed by atoms with Crippen molar-refractivity contribution in [2.24, 2.45) is 0 Å². The van der Waals surface area contributed by atoms with Crippen LogP contribution in [0.25, 0.3) is 0 Å². The van der Waals surface area contributed by atoms with Crippen molar-refractivity contribution in [1.29, 1.82) is 0 Å². The molecule has 0 aromatic heterocycles. The standard InChI is InChI=1S/C12H14ClNO2/c13-10-5-2-1-4-9(10)8-14-7-3-6-11(14)12(15)16/h1-2,4-5,11H,3,6-8H2,(H,15,16)/t11-/m1/s1. The van der Waals surface area contributed by atoms with Gasteiger partial charge in [-0.2, -0.15) is 0 Å². The summed E-state index contributed by atoms with van der Waals surface area (Å²) in [6, 6.07) is 7.23. The molecule has 0 radical (unpaired) electrons. The third-order valence-corrected chi connectivity index (χ3v) is 3.35. The van der Waals surface area contributed by atoms with Gasteiger partial charge in [0.1, 0.15) is 6.04 Å². The van der Waals surface area contributed by atoms with Crippen molar-refractivity contribution in [1.82, 2.24) is 4.90 Å². The first kappa shape index (κ1) is 11.4. The molecule has 1 aromatic carbocycles. The molecule has 1 saturated heterocycles. The molecule has 1 aromatic rings. The van der Waals surface area contributed by atoms with Gasteiger partial charge in [-0.05, 0) is 31.0 Å². The van der Waals surface area contributed by atoms with Crippen molar-refractivity contribution in [3.63, 3.8) is 0 Å². The Kier molecular flexibility index (Phi) is 3.46. The number of rotatable bonds is 3. The number of carboxylic acids is 1. The number of hydrogen-bond donors (Lipinski definition) is 1. The van der Waals surface area contributed by atoms with Gasteiger partial charge in [0.25, 0.3) is 0 Å². The largest absolute Gasteiger partial charge is 0.480 e. The molecule has 3 nitrogen and oxygen atoms in total. The van der Waals surface area contributed by atoms with Crippen LogP contribution in [0.15, 0.2) is 24.3 Å². The summed E-state index contributed by atoms with van der Waals surface area (Å²) in [5, 5.41) is 9.76. The predicted octanol–water partition coefficient (Wildman–Crippen LogP) is 2.39. The number of likely N-dealkylation sites (tertiary alicyclic amines) is 1. The molecule has 2 rings (SSSR count). The second kappa shape index (κ2) is 4.85. The van der Waals surface area contributed by atoms with Crippen molar-refractivity contribution in [3.05, 3.63) is 34.9 Å². The lowest BCUT2D eigenvalue weighted by Gasteiger charge is -2.21. The van der Waals surface area contributed by atoms with Crippen LogP contribution < -0.4 is 0 Å². The van der Waals surface area contributed by atoms with E-state index < -0.39 is 5.97 Å². The van der Waals surface area contributed by atoms with Gasteiger partial charge in [0, 0.05) is 11.6 Å². The average molecular weight is 240 g/mol. The molecule has 0 bridgehead atoms. The maximum absolute atomic E-state index is 11.0. The third-order valence-electron chi connectivity index (χ3n) is 2.98. The summed E-state index contributed by atoms with van der Waals surface area (Å²) in [6.07, 6.45) is 1.68. The van der Waals surface area contributed by atoms with E-state index in [0.717, 1.165) is 24.9 Å². The van der Waals surface area contributed by atoms with E-state index in [0.29, 0.717) is 11.6 Å². The summed E-state index contributed by atoms with van der Waals surface area (Å²) in [5.74, 6) is -0.732. The van der Waals surface area contributed by atoms with Crippen LogP contribution in [0.5, 0.6) is 0 Å². The highest BCUT2D eigenvalue weighted by molar-refractivity contribution is 6.31. The summed E-state index contributed by atoms with van der Waals surface area (Å²) in [7, 11) is 0. The predicted molar refractivity (Wildman–Crippen MR) is 62.5 cm³/mol. The minimum absolute atomic E-state index is 0.351. The number of carbonyl (C=O) groups is 1. The molecule has 0 unspecified atom stereocenters.